The first-order valence-corrected chi connectivity index (χ1v) is 8.01. The van der Waals surface area contributed by atoms with Gasteiger partial charge in [-0.15, -0.1) is 0 Å². The lowest BCUT2D eigenvalue weighted by Gasteiger charge is -2.21. The van der Waals surface area contributed by atoms with E-state index in [9.17, 15) is 4.79 Å². The van der Waals surface area contributed by atoms with Gasteiger partial charge in [-0.25, -0.2) is 0 Å². The summed E-state index contributed by atoms with van der Waals surface area (Å²) in [5.74, 6) is 0.324. The minimum absolute atomic E-state index is 0.0948. The summed E-state index contributed by atoms with van der Waals surface area (Å²) in [5, 5.41) is 3.19. The zero-order valence-electron chi connectivity index (χ0n) is 12.5. The Hall–Kier alpha value is -2.07. The molecule has 0 saturated carbocycles. The Kier molecular flexibility index (Phi) is 3.47. The van der Waals surface area contributed by atoms with Crippen molar-refractivity contribution in [3.8, 4) is 11.1 Å². The van der Waals surface area contributed by atoms with E-state index in [1.807, 2.05) is 36.4 Å². The molecule has 1 amide bonds. The fourth-order valence-corrected chi connectivity index (χ4v) is 3.81. The molecule has 0 spiro atoms. The first-order valence-electron chi connectivity index (χ1n) is 8.01. The van der Waals surface area contributed by atoms with Gasteiger partial charge in [0.05, 0.1) is 6.26 Å². The summed E-state index contributed by atoms with van der Waals surface area (Å²) in [6.45, 7) is 2.27. The third-order valence-electron chi connectivity index (χ3n) is 4.88. The molecule has 3 heterocycles. The molecule has 1 N–H and O–H groups in total. The van der Waals surface area contributed by atoms with Gasteiger partial charge in [-0.05, 0) is 37.4 Å². The van der Waals surface area contributed by atoms with Crippen molar-refractivity contribution in [1.29, 1.82) is 0 Å². The quantitative estimate of drug-likeness (QED) is 0.947. The average Bonchev–Trinajstić information content (AvgIpc) is 3.26. The molecule has 1 aromatic heterocycles. The van der Waals surface area contributed by atoms with E-state index >= 15 is 0 Å². The van der Waals surface area contributed by atoms with Crippen LogP contribution in [0.4, 0.5) is 0 Å². The Morgan fingerprint density at radius 3 is 2.86 bits per heavy atom. The molecule has 1 aromatic carbocycles. The van der Waals surface area contributed by atoms with Crippen molar-refractivity contribution < 1.29 is 9.21 Å². The molecule has 2 aliphatic heterocycles. The minimum atomic E-state index is -0.0948. The molecule has 0 bridgehead atoms. The van der Waals surface area contributed by atoms with Crippen LogP contribution in [0, 0.1) is 0 Å². The molecular formula is C18H20N2O2. The smallest absolute Gasteiger partial charge is 0.287 e. The highest BCUT2D eigenvalue weighted by Gasteiger charge is 2.38. The number of carbonyl (C=O) groups is 1. The summed E-state index contributed by atoms with van der Waals surface area (Å²) in [6, 6.07) is 12.5. The van der Waals surface area contributed by atoms with Gasteiger partial charge in [-0.1, -0.05) is 30.3 Å². The van der Waals surface area contributed by atoms with Gasteiger partial charge >= 0.3 is 0 Å². The van der Waals surface area contributed by atoms with Crippen molar-refractivity contribution in [2.45, 2.75) is 31.3 Å². The van der Waals surface area contributed by atoms with Gasteiger partial charge in [0.2, 0.25) is 0 Å². The van der Waals surface area contributed by atoms with Gasteiger partial charge in [0.25, 0.3) is 5.91 Å². The minimum Gasteiger partial charge on any atom is -0.459 e. The fourth-order valence-electron chi connectivity index (χ4n) is 3.81. The molecule has 2 atom stereocenters. The first kappa shape index (κ1) is 13.6. The second-order valence-corrected chi connectivity index (χ2v) is 6.14. The van der Waals surface area contributed by atoms with Gasteiger partial charge in [0, 0.05) is 24.2 Å². The lowest BCUT2D eigenvalue weighted by atomic mass is 10.0. The van der Waals surface area contributed by atoms with Crippen molar-refractivity contribution >= 4 is 5.91 Å². The van der Waals surface area contributed by atoms with Crippen molar-refractivity contribution in [3.63, 3.8) is 0 Å². The highest BCUT2D eigenvalue weighted by Crippen LogP contribution is 2.29. The summed E-state index contributed by atoms with van der Waals surface area (Å²) < 4.78 is 5.48. The standard InChI is InChI=1S/C18H20N2O2/c21-18(19-15-8-11-20-10-4-7-16(15)20)17-14(9-12-22-17)13-5-2-1-3-6-13/h1-3,5-6,9,12,15-16H,4,7-8,10-11H2,(H,19,21). The molecule has 114 valence electrons. The van der Waals surface area contributed by atoms with Gasteiger partial charge in [0.1, 0.15) is 0 Å². The van der Waals surface area contributed by atoms with E-state index in [0.717, 1.165) is 24.1 Å². The van der Waals surface area contributed by atoms with E-state index < -0.39 is 0 Å². The van der Waals surface area contributed by atoms with Crippen LogP contribution in [0.2, 0.25) is 0 Å². The zero-order valence-corrected chi connectivity index (χ0v) is 12.5. The maximum absolute atomic E-state index is 12.6. The monoisotopic (exact) mass is 296 g/mol. The first-order chi connectivity index (χ1) is 10.8. The van der Waals surface area contributed by atoms with E-state index in [0.29, 0.717) is 11.8 Å². The highest BCUT2D eigenvalue weighted by atomic mass is 16.3. The second-order valence-electron chi connectivity index (χ2n) is 6.14. The summed E-state index contributed by atoms with van der Waals surface area (Å²) in [5.41, 5.74) is 1.87. The molecule has 4 rings (SSSR count). The topological polar surface area (TPSA) is 45.5 Å². The number of rotatable bonds is 3. The molecular weight excluding hydrogens is 276 g/mol. The van der Waals surface area contributed by atoms with Crippen LogP contribution in [0.25, 0.3) is 11.1 Å². The number of hydrogen-bond donors (Lipinski definition) is 1. The summed E-state index contributed by atoms with van der Waals surface area (Å²) in [6.07, 6.45) is 5.06. The van der Waals surface area contributed by atoms with Crippen molar-refractivity contribution in [2.24, 2.45) is 0 Å². The van der Waals surface area contributed by atoms with E-state index in [1.54, 1.807) is 6.26 Å². The van der Waals surface area contributed by atoms with Gasteiger partial charge < -0.3 is 9.73 Å². The molecule has 2 fully saturated rings. The number of amides is 1. The van der Waals surface area contributed by atoms with E-state index in [2.05, 4.69) is 10.2 Å². The summed E-state index contributed by atoms with van der Waals surface area (Å²) >= 11 is 0. The molecule has 4 heteroatoms. The van der Waals surface area contributed by atoms with Crippen LogP contribution in [-0.2, 0) is 0 Å². The number of fused-ring (bicyclic) bond motifs is 1. The Bertz CT molecular complexity index is 665. The lowest BCUT2D eigenvalue weighted by molar-refractivity contribution is 0.0902. The van der Waals surface area contributed by atoms with Crippen LogP contribution in [0.15, 0.2) is 47.1 Å². The van der Waals surface area contributed by atoms with Crippen LogP contribution in [-0.4, -0.2) is 36.0 Å². The third-order valence-corrected chi connectivity index (χ3v) is 4.88. The zero-order chi connectivity index (χ0) is 14.9. The summed E-state index contributed by atoms with van der Waals surface area (Å²) in [7, 11) is 0. The van der Waals surface area contributed by atoms with Gasteiger partial charge in [-0.2, -0.15) is 0 Å². The molecule has 22 heavy (non-hydrogen) atoms. The maximum Gasteiger partial charge on any atom is 0.287 e. The number of carbonyl (C=O) groups excluding carboxylic acids is 1. The normalized spacial score (nSPS) is 24.4. The number of furan rings is 1. The van der Waals surface area contributed by atoms with Crippen molar-refractivity contribution in [2.75, 3.05) is 13.1 Å². The van der Waals surface area contributed by atoms with E-state index in [-0.39, 0.29) is 11.9 Å². The van der Waals surface area contributed by atoms with Crippen molar-refractivity contribution in [1.82, 2.24) is 10.2 Å². The number of nitrogens with zero attached hydrogens (tertiary/aromatic N) is 1. The molecule has 0 aliphatic carbocycles. The second kappa shape index (κ2) is 5.61. The third kappa shape index (κ3) is 2.33. The van der Waals surface area contributed by atoms with Crippen LogP contribution in [0.1, 0.15) is 29.8 Å². The number of nitrogens with one attached hydrogen (secondary N) is 1. The molecule has 2 aromatic rings. The van der Waals surface area contributed by atoms with E-state index in [1.165, 1.54) is 19.4 Å². The Balaban J connectivity index is 1.53. The Morgan fingerprint density at radius 2 is 2.00 bits per heavy atom. The number of hydrogen-bond acceptors (Lipinski definition) is 3. The Morgan fingerprint density at radius 1 is 1.14 bits per heavy atom. The Labute approximate surface area is 130 Å². The molecule has 4 nitrogen and oxygen atoms in total. The molecule has 2 unspecified atom stereocenters. The summed E-state index contributed by atoms with van der Waals surface area (Å²) in [4.78, 5) is 15.1. The SMILES string of the molecule is O=C(NC1CCN2CCCC12)c1occc1-c1ccccc1. The predicted octanol–water partition coefficient (Wildman–Crippen LogP) is 2.91. The lowest BCUT2D eigenvalue weighted by Crippen LogP contribution is -2.42. The van der Waals surface area contributed by atoms with Crippen molar-refractivity contribution in [3.05, 3.63) is 48.4 Å². The van der Waals surface area contributed by atoms with Crippen LogP contribution < -0.4 is 5.32 Å². The van der Waals surface area contributed by atoms with Crippen LogP contribution >= 0.6 is 0 Å². The molecule has 0 radical (unpaired) electrons. The molecule has 2 saturated heterocycles. The van der Waals surface area contributed by atoms with Crippen LogP contribution in [0.5, 0.6) is 0 Å². The number of benzene rings is 1. The predicted molar refractivity (Wildman–Crippen MR) is 84.6 cm³/mol. The largest absolute Gasteiger partial charge is 0.459 e. The maximum atomic E-state index is 12.6. The molecule has 2 aliphatic rings. The average molecular weight is 296 g/mol. The van der Waals surface area contributed by atoms with Gasteiger partial charge in [0.15, 0.2) is 5.76 Å². The van der Waals surface area contributed by atoms with Crippen LogP contribution in [0.3, 0.4) is 0 Å². The van der Waals surface area contributed by atoms with E-state index in [4.69, 9.17) is 4.42 Å². The highest BCUT2D eigenvalue weighted by molar-refractivity contribution is 5.98. The fraction of sp³-hybridized carbons (Fsp3) is 0.389. The van der Waals surface area contributed by atoms with Gasteiger partial charge in [-0.3, -0.25) is 9.69 Å².